The van der Waals surface area contributed by atoms with E-state index in [1.807, 2.05) is 17.5 Å². The number of thiophene rings is 1. The molecule has 3 heterocycles. The number of aliphatic hydroxyl groups is 1. The minimum Gasteiger partial charge on any atom is -0.507 e. The Morgan fingerprint density at radius 3 is 2.57 bits per heavy atom. The standard InChI is InChI=1S/C21H15ClN2O3S/c1-12-14(22)4-2-5-15(12)24-18(16-6-3-11-28-16)17(20(26)21(24)27)19(25)13-7-9-23-10-8-13/h2-11,18,25H,1H3/b19-17-. The average Bonchev–Trinajstić information content (AvgIpc) is 3.32. The van der Waals surface area contributed by atoms with Gasteiger partial charge in [-0.2, -0.15) is 0 Å². The number of carbonyl (C=O) groups excluding carboxylic acids is 2. The van der Waals surface area contributed by atoms with Crippen molar-refractivity contribution in [2.45, 2.75) is 13.0 Å². The highest BCUT2D eigenvalue weighted by Gasteiger charge is 2.47. The van der Waals surface area contributed by atoms with Crippen molar-refractivity contribution in [3.05, 3.63) is 86.8 Å². The van der Waals surface area contributed by atoms with Gasteiger partial charge >= 0.3 is 0 Å². The number of aliphatic hydroxyl groups excluding tert-OH is 1. The van der Waals surface area contributed by atoms with Crippen LogP contribution in [0.15, 0.2) is 65.8 Å². The van der Waals surface area contributed by atoms with Crippen LogP contribution >= 0.6 is 22.9 Å². The van der Waals surface area contributed by atoms with Gasteiger partial charge in [-0.3, -0.25) is 19.5 Å². The van der Waals surface area contributed by atoms with Crippen molar-refractivity contribution in [1.82, 2.24) is 4.98 Å². The number of anilines is 1. The Bertz CT molecular complexity index is 1090. The highest BCUT2D eigenvalue weighted by Crippen LogP contribution is 2.45. The van der Waals surface area contributed by atoms with E-state index in [9.17, 15) is 14.7 Å². The molecular weight excluding hydrogens is 396 g/mol. The van der Waals surface area contributed by atoms with Gasteiger partial charge in [-0.25, -0.2) is 0 Å². The van der Waals surface area contributed by atoms with Gasteiger partial charge in [0.2, 0.25) is 0 Å². The molecule has 3 aromatic rings. The Kier molecular flexibility index (Phi) is 4.75. The third kappa shape index (κ3) is 2.91. The quantitative estimate of drug-likeness (QED) is 0.385. The van der Waals surface area contributed by atoms with Crippen molar-refractivity contribution in [2.24, 2.45) is 0 Å². The summed E-state index contributed by atoms with van der Waals surface area (Å²) < 4.78 is 0. The zero-order valence-electron chi connectivity index (χ0n) is 14.8. The largest absolute Gasteiger partial charge is 0.507 e. The number of hydrogen-bond donors (Lipinski definition) is 1. The lowest BCUT2D eigenvalue weighted by molar-refractivity contribution is -0.132. The van der Waals surface area contributed by atoms with E-state index in [0.29, 0.717) is 21.8 Å². The van der Waals surface area contributed by atoms with E-state index >= 15 is 0 Å². The summed E-state index contributed by atoms with van der Waals surface area (Å²) >= 11 is 7.67. The lowest BCUT2D eigenvalue weighted by Gasteiger charge is -2.26. The zero-order chi connectivity index (χ0) is 19.8. The number of ketones is 1. The third-order valence-corrected chi connectivity index (χ3v) is 6.04. The van der Waals surface area contributed by atoms with Crippen LogP contribution in [0, 0.1) is 6.92 Å². The molecule has 5 nitrogen and oxygen atoms in total. The van der Waals surface area contributed by atoms with Gasteiger partial charge in [-0.1, -0.05) is 23.7 Å². The van der Waals surface area contributed by atoms with Gasteiger partial charge in [-0.15, -0.1) is 11.3 Å². The number of pyridine rings is 1. The molecule has 0 bridgehead atoms. The molecule has 1 aromatic carbocycles. The number of Topliss-reactive ketones (excluding diaryl/α,β-unsaturated/α-hetero) is 1. The normalized spacial score (nSPS) is 18.6. The average molecular weight is 411 g/mol. The SMILES string of the molecule is Cc1c(Cl)cccc1N1C(=O)C(=O)/C(=C(\O)c2ccncc2)C1c1cccs1. The molecular formula is C21H15ClN2O3S. The summed E-state index contributed by atoms with van der Waals surface area (Å²) in [5, 5.41) is 13.3. The van der Waals surface area contributed by atoms with Crippen LogP contribution in [0.25, 0.3) is 5.76 Å². The van der Waals surface area contributed by atoms with Crippen LogP contribution in [0.4, 0.5) is 5.69 Å². The maximum absolute atomic E-state index is 13.0. The van der Waals surface area contributed by atoms with Crippen molar-refractivity contribution in [2.75, 3.05) is 4.90 Å². The number of amides is 1. The fraction of sp³-hybridized carbons (Fsp3) is 0.0952. The van der Waals surface area contributed by atoms with Gasteiger partial charge in [0, 0.05) is 33.5 Å². The van der Waals surface area contributed by atoms with Gasteiger partial charge in [0.25, 0.3) is 11.7 Å². The predicted octanol–water partition coefficient (Wildman–Crippen LogP) is 4.73. The molecule has 2 aromatic heterocycles. The molecule has 0 saturated carbocycles. The molecule has 1 fully saturated rings. The van der Waals surface area contributed by atoms with E-state index in [-0.39, 0.29) is 11.3 Å². The van der Waals surface area contributed by atoms with Crippen molar-refractivity contribution >= 4 is 46.1 Å². The maximum atomic E-state index is 13.0. The van der Waals surface area contributed by atoms with Crippen LogP contribution in [0.5, 0.6) is 0 Å². The Hall–Kier alpha value is -2.96. The summed E-state index contributed by atoms with van der Waals surface area (Å²) in [6.45, 7) is 1.80. The summed E-state index contributed by atoms with van der Waals surface area (Å²) in [5.41, 5.74) is 1.72. The second kappa shape index (κ2) is 7.22. The smallest absolute Gasteiger partial charge is 0.300 e. The highest BCUT2D eigenvalue weighted by molar-refractivity contribution is 7.10. The first-order chi connectivity index (χ1) is 13.5. The van der Waals surface area contributed by atoms with Crippen molar-refractivity contribution in [3.8, 4) is 0 Å². The Morgan fingerprint density at radius 2 is 1.89 bits per heavy atom. The number of aromatic nitrogens is 1. The summed E-state index contributed by atoms with van der Waals surface area (Å²) in [7, 11) is 0. The number of hydrogen-bond acceptors (Lipinski definition) is 5. The molecule has 1 aliphatic rings. The van der Waals surface area contributed by atoms with Gasteiger partial charge in [0.05, 0.1) is 5.57 Å². The summed E-state index contributed by atoms with van der Waals surface area (Å²) in [5.74, 6) is -1.65. The number of benzene rings is 1. The molecule has 28 heavy (non-hydrogen) atoms. The number of carbonyl (C=O) groups is 2. The zero-order valence-corrected chi connectivity index (χ0v) is 16.4. The van der Waals surface area contributed by atoms with Crippen LogP contribution in [0.2, 0.25) is 5.02 Å². The van der Waals surface area contributed by atoms with Crippen LogP contribution in [-0.2, 0) is 9.59 Å². The lowest BCUT2D eigenvalue weighted by atomic mass is 10.00. The molecule has 1 atom stereocenters. The molecule has 1 saturated heterocycles. The summed E-state index contributed by atoms with van der Waals surface area (Å²) in [6, 6.07) is 11.4. The summed E-state index contributed by atoms with van der Waals surface area (Å²) in [4.78, 5) is 32.1. The fourth-order valence-corrected chi connectivity index (χ4v) is 4.31. The van der Waals surface area contributed by atoms with E-state index in [2.05, 4.69) is 4.98 Å². The molecule has 0 radical (unpaired) electrons. The Labute approximate surface area is 170 Å². The van der Waals surface area contributed by atoms with Crippen molar-refractivity contribution in [3.63, 3.8) is 0 Å². The lowest BCUT2D eigenvalue weighted by Crippen LogP contribution is -2.29. The topological polar surface area (TPSA) is 70.5 Å². The van der Waals surface area contributed by atoms with Crippen LogP contribution in [-0.4, -0.2) is 21.8 Å². The van der Waals surface area contributed by atoms with E-state index in [4.69, 9.17) is 11.6 Å². The molecule has 1 unspecified atom stereocenters. The first-order valence-corrected chi connectivity index (χ1v) is 9.76. The van der Waals surface area contributed by atoms with E-state index < -0.39 is 17.7 Å². The molecule has 1 N–H and O–H groups in total. The van der Waals surface area contributed by atoms with E-state index in [0.717, 1.165) is 4.88 Å². The van der Waals surface area contributed by atoms with Gasteiger partial charge < -0.3 is 5.11 Å². The fourth-order valence-electron chi connectivity index (χ4n) is 3.32. The third-order valence-electron chi connectivity index (χ3n) is 4.71. The first-order valence-electron chi connectivity index (χ1n) is 8.50. The molecule has 1 aliphatic heterocycles. The number of rotatable bonds is 3. The second-order valence-corrected chi connectivity index (χ2v) is 7.69. The molecule has 7 heteroatoms. The number of halogens is 1. The minimum atomic E-state index is -0.731. The van der Waals surface area contributed by atoms with Crippen molar-refractivity contribution < 1.29 is 14.7 Å². The van der Waals surface area contributed by atoms with Crippen LogP contribution in [0.3, 0.4) is 0 Å². The Balaban J connectivity index is 1.97. The minimum absolute atomic E-state index is 0.0537. The molecule has 0 spiro atoms. The van der Waals surface area contributed by atoms with Crippen LogP contribution < -0.4 is 4.90 Å². The van der Waals surface area contributed by atoms with Gasteiger partial charge in [-0.05, 0) is 48.2 Å². The molecule has 0 aliphatic carbocycles. The number of nitrogens with zero attached hydrogens (tertiary/aromatic N) is 2. The second-order valence-electron chi connectivity index (χ2n) is 6.30. The van der Waals surface area contributed by atoms with Gasteiger partial charge in [0.15, 0.2) is 0 Å². The first kappa shape index (κ1) is 18.4. The van der Waals surface area contributed by atoms with Crippen molar-refractivity contribution in [1.29, 1.82) is 0 Å². The predicted molar refractivity (Wildman–Crippen MR) is 110 cm³/mol. The maximum Gasteiger partial charge on any atom is 0.300 e. The van der Waals surface area contributed by atoms with Crippen LogP contribution in [0.1, 0.15) is 22.0 Å². The highest BCUT2D eigenvalue weighted by atomic mass is 35.5. The molecule has 1 amide bonds. The molecule has 4 rings (SSSR count). The van der Waals surface area contributed by atoms with Gasteiger partial charge in [0.1, 0.15) is 11.8 Å². The van der Waals surface area contributed by atoms with E-state index in [1.54, 1.807) is 37.3 Å². The molecule has 140 valence electrons. The Morgan fingerprint density at radius 1 is 1.14 bits per heavy atom. The van der Waals surface area contributed by atoms with E-state index in [1.165, 1.54) is 28.6 Å². The monoisotopic (exact) mass is 410 g/mol. The summed E-state index contributed by atoms with van der Waals surface area (Å²) in [6.07, 6.45) is 3.04.